The number of aromatic nitrogens is 4. The Balaban J connectivity index is 2.30. The minimum atomic E-state index is 0.250. The first kappa shape index (κ1) is 10.7. The number of anilines is 1. The van der Waals surface area contributed by atoms with E-state index in [4.69, 9.17) is 5.73 Å². The second-order valence-electron chi connectivity index (χ2n) is 4.36. The summed E-state index contributed by atoms with van der Waals surface area (Å²) in [6.45, 7) is 4.16. The number of fused-ring (bicyclic) bond motifs is 1. The molecule has 3 N–H and O–H groups in total. The van der Waals surface area contributed by atoms with Gasteiger partial charge in [0.05, 0.1) is 17.3 Å². The Kier molecular flexibility index (Phi) is 2.26. The van der Waals surface area contributed by atoms with Crippen LogP contribution in [0.4, 0.5) is 5.95 Å². The van der Waals surface area contributed by atoms with Crippen LogP contribution in [0.5, 0.6) is 0 Å². The van der Waals surface area contributed by atoms with Crippen molar-refractivity contribution in [3.63, 3.8) is 0 Å². The maximum Gasteiger partial charge on any atom is 0.222 e. The highest BCUT2D eigenvalue weighted by atomic mass is 15.2. The molecule has 0 amide bonds. The van der Waals surface area contributed by atoms with Crippen molar-refractivity contribution in [2.45, 2.75) is 13.8 Å². The first-order chi connectivity index (χ1) is 8.65. The molecule has 0 aliphatic heterocycles. The standard InChI is InChI=1S/C13H13N5/c1-7-3-4-9(5-8(7)2)11-10-6-15-18-12(10)17-13(14)16-11/h3-6H,1-2H3,(H3,14,15,16,17,18). The van der Waals surface area contributed by atoms with Gasteiger partial charge in [-0.05, 0) is 31.0 Å². The summed E-state index contributed by atoms with van der Waals surface area (Å²) in [7, 11) is 0. The zero-order chi connectivity index (χ0) is 12.7. The van der Waals surface area contributed by atoms with E-state index in [0.717, 1.165) is 16.6 Å². The fraction of sp³-hybridized carbons (Fsp3) is 0.154. The van der Waals surface area contributed by atoms with Crippen molar-refractivity contribution in [2.24, 2.45) is 0 Å². The maximum atomic E-state index is 5.72. The molecule has 0 unspecified atom stereocenters. The SMILES string of the molecule is Cc1ccc(-c2nc(N)nc3[nH]ncc23)cc1C. The van der Waals surface area contributed by atoms with Gasteiger partial charge in [-0.1, -0.05) is 12.1 Å². The number of hydrogen-bond donors (Lipinski definition) is 2. The quantitative estimate of drug-likeness (QED) is 0.682. The molecule has 3 aromatic rings. The fourth-order valence-corrected chi connectivity index (χ4v) is 1.96. The predicted octanol–water partition coefficient (Wildman–Crippen LogP) is 2.22. The number of nitrogen functional groups attached to an aromatic ring is 1. The molecule has 5 heteroatoms. The van der Waals surface area contributed by atoms with Crippen LogP contribution in [0.15, 0.2) is 24.4 Å². The summed E-state index contributed by atoms with van der Waals surface area (Å²) in [5, 5.41) is 7.68. The van der Waals surface area contributed by atoms with Crippen LogP contribution >= 0.6 is 0 Å². The maximum absolute atomic E-state index is 5.72. The van der Waals surface area contributed by atoms with E-state index in [1.807, 2.05) is 6.07 Å². The van der Waals surface area contributed by atoms with Crippen LogP contribution in [0.25, 0.3) is 22.3 Å². The van der Waals surface area contributed by atoms with Gasteiger partial charge in [-0.2, -0.15) is 10.1 Å². The molecule has 0 radical (unpaired) electrons. The summed E-state index contributed by atoms with van der Waals surface area (Å²) in [6, 6.07) is 6.22. The molecular formula is C13H13N5. The van der Waals surface area contributed by atoms with E-state index in [2.05, 4.69) is 46.1 Å². The number of nitrogens with two attached hydrogens (primary N) is 1. The molecule has 1 aromatic carbocycles. The van der Waals surface area contributed by atoms with Crippen LogP contribution in [0.3, 0.4) is 0 Å². The zero-order valence-electron chi connectivity index (χ0n) is 10.2. The van der Waals surface area contributed by atoms with Crippen molar-refractivity contribution >= 4 is 17.0 Å². The van der Waals surface area contributed by atoms with E-state index in [-0.39, 0.29) is 5.95 Å². The Bertz CT molecular complexity index is 729. The van der Waals surface area contributed by atoms with Crippen LogP contribution in [-0.4, -0.2) is 20.2 Å². The number of rotatable bonds is 1. The van der Waals surface area contributed by atoms with Gasteiger partial charge in [-0.25, -0.2) is 4.98 Å². The van der Waals surface area contributed by atoms with Gasteiger partial charge in [0.1, 0.15) is 0 Å². The number of aryl methyl sites for hydroxylation is 2. The molecule has 0 aliphatic carbocycles. The Morgan fingerprint density at radius 1 is 1.11 bits per heavy atom. The normalized spacial score (nSPS) is 11.0. The minimum absolute atomic E-state index is 0.250. The summed E-state index contributed by atoms with van der Waals surface area (Å²) in [5.74, 6) is 0.250. The molecule has 2 heterocycles. The van der Waals surface area contributed by atoms with Crippen molar-refractivity contribution in [3.8, 4) is 11.3 Å². The zero-order valence-corrected chi connectivity index (χ0v) is 10.2. The molecule has 0 aliphatic rings. The van der Waals surface area contributed by atoms with Crippen molar-refractivity contribution in [1.82, 2.24) is 20.2 Å². The van der Waals surface area contributed by atoms with Crippen LogP contribution in [0.1, 0.15) is 11.1 Å². The van der Waals surface area contributed by atoms with Gasteiger partial charge < -0.3 is 5.73 Å². The van der Waals surface area contributed by atoms with Gasteiger partial charge in [-0.15, -0.1) is 0 Å². The minimum Gasteiger partial charge on any atom is -0.368 e. The largest absolute Gasteiger partial charge is 0.368 e. The van der Waals surface area contributed by atoms with Crippen LogP contribution in [-0.2, 0) is 0 Å². The second-order valence-corrected chi connectivity index (χ2v) is 4.36. The molecule has 2 aromatic heterocycles. The number of benzene rings is 1. The first-order valence-corrected chi connectivity index (χ1v) is 5.69. The van der Waals surface area contributed by atoms with Gasteiger partial charge in [0.2, 0.25) is 5.95 Å². The number of H-pyrrole nitrogens is 1. The number of aromatic amines is 1. The van der Waals surface area contributed by atoms with E-state index in [9.17, 15) is 0 Å². The lowest BCUT2D eigenvalue weighted by molar-refractivity contribution is 1.09. The van der Waals surface area contributed by atoms with Crippen molar-refractivity contribution in [3.05, 3.63) is 35.5 Å². The molecule has 90 valence electrons. The van der Waals surface area contributed by atoms with Gasteiger partial charge in [0.25, 0.3) is 0 Å². The third-order valence-corrected chi connectivity index (χ3v) is 3.11. The van der Waals surface area contributed by atoms with Crippen LogP contribution in [0, 0.1) is 13.8 Å². The number of nitrogens with zero attached hydrogens (tertiary/aromatic N) is 3. The average Bonchev–Trinajstić information content (AvgIpc) is 2.79. The summed E-state index contributed by atoms with van der Waals surface area (Å²) in [4.78, 5) is 8.43. The van der Waals surface area contributed by atoms with E-state index in [1.165, 1.54) is 11.1 Å². The number of hydrogen-bond acceptors (Lipinski definition) is 4. The lowest BCUT2D eigenvalue weighted by Crippen LogP contribution is -1.97. The molecule has 0 spiro atoms. The first-order valence-electron chi connectivity index (χ1n) is 5.69. The van der Waals surface area contributed by atoms with Crippen molar-refractivity contribution in [1.29, 1.82) is 0 Å². The van der Waals surface area contributed by atoms with Gasteiger partial charge >= 0.3 is 0 Å². The number of nitrogens with one attached hydrogen (secondary N) is 1. The van der Waals surface area contributed by atoms with Crippen molar-refractivity contribution < 1.29 is 0 Å². The molecule has 0 fully saturated rings. The molecule has 18 heavy (non-hydrogen) atoms. The van der Waals surface area contributed by atoms with Gasteiger partial charge in [0, 0.05) is 5.56 Å². The molecule has 0 bridgehead atoms. The average molecular weight is 239 g/mol. The molecule has 5 nitrogen and oxygen atoms in total. The van der Waals surface area contributed by atoms with Crippen LogP contribution < -0.4 is 5.73 Å². The van der Waals surface area contributed by atoms with Gasteiger partial charge in [0.15, 0.2) is 5.65 Å². The summed E-state index contributed by atoms with van der Waals surface area (Å²) < 4.78 is 0. The second kappa shape index (κ2) is 3.80. The molecular weight excluding hydrogens is 226 g/mol. The predicted molar refractivity (Wildman–Crippen MR) is 71.0 cm³/mol. The van der Waals surface area contributed by atoms with Crippen LogP contribution in [0.2, 0.25) is 0 Å². The molecule has 0 saturated heterocycles. The van der Waals surface area contributed by atoms with Gasteiger partial charge in [-0.3, -0.25) is 5.10 Å². The lowest BCUT2D eigenvalue weighted by Gasteiger charge is -2.06. The summed E-state index contributed by atoms with van der Waals surface area (Å²) in [5.41, 5.74) is 10.7. The monoisotopic (exact) mass is 239 g/mol. The molecule has 0 saturated carbocycles. The Morgan fingerprint density at radius 3 is 2.72 bits per heavy atom. The Morgan fingerprint density at radius 2 is 1.94 bits per heavy atom. The van der Waals surface area contributed by atoms with E-state index >= 15 is 0 Å². The highest BCUT2D eigenvalue weighted by molar-refractivity contribution is 5.90. The topological polar surface area (TPSA) is 80.5 Å². The Hall–Kier alpha value is -2.43. The third-order valence-electron chi connectivity index (χ3n) is 3.11. The highest BCUT2D eigenvalue weighted by Crippen LogP contribution is 2.26. The smallest absolute Gasteiger partial charge is 0.222 e. The molecule has 3 rings (SSSR count). The summed E-state index contributed by atoms with van der Waals surface area (Å²) >= 11 is 0. The Labute approximate surface area is 104 Å². The van der Waals surface area contributed by atoms with E-state index in [1.54, 1.807) is 6.20 Å². The third kappa shape index (κ3) is 1.60. The van der Waals surface area contributed by atoms with Crippen molar-refractivity contribution in [2.75, 3.05) is 5.73 Å². The fourth-order valence-electron chi connectivity index (χ4n) is 1.96. The molecule has 0 atom stereocenters. The highest BCUT2D eigenvalue weighted by Gasteiger charge is 2.10. The lowest BCUT2D eigenvalue weighted by atomic mass is 10.0. The van der Waals surface area contributed by atoms with E-state index in [0.29, 0.717) is 5.65 Å². The van der Waals surface area contributed by atoms with E-state index < -0.39 is 0 Å². The summed E-state index contributed by atoms with van der Waals surface area (Å²) in [6.07, 6.45) is 1.72.